The van der Waals surface area contributed by atoms with Gasteiger partial charge in [0.25, 0.3) is 0 Å². The third-order valence-electron chi connectivity index (χ3n) is 4.56. The van der Waals surface area contributed by atoms with Gasteiger partial charge in [0.1, 0.15) is 0 Å². The third kappa shape index (κ3) is 6.66. The second-order valence-corrected chi connectivity index (χ2v) is 8.68. The summed E-state index contributed by atoms with van der Waals surface area (Å²) in [5, 5.41) is 6.28. The molecular formula is C18H29N3O3S. The normalized spacial score (nSPS) is 19.2. The van der Waals surface area contributed by atoms with Gasteiger partial charge in [0.2, 0.25) is 15.9 Å². The van der Waals surface area contributed by atoms with E-state index in [0.29, 0.717) is 36.1 Å². The summed E-state index contributed by atoms with van der Waals surface area (Å²) in [6.07, 6.45) is 3.41. The Hall–Kier alpha value is -1.60. The second-order valence-electron chi connectivity index (χ2n) is 6.83. The molecule has 1 aromatic rings. The number of rotatable bonds is 8. The van der Waals surface area contributed by atoms with Gasteiger partial charge in [-0.2, -0.15) is 0 Å². The van der Waals surface area contributed by atoms with E-state index >= 15 is 0 Å². The van der Waals surface area contributed by atoms with E-state index in [1.807, 2.05) is 6.92 Å². The van der Waals surface area contributed by atoms with Gasteiger partial charge in [0.05, 0.1) is 5.75 Å². The monoisotopic (exact) mass is 367 g/mol. The zero-order chi connectivity index (χ0) is 18.3. The van der Waals surface area contributed by atoms with E-state index in [9.17, 15) is 13.2 Å². The molecular weight excluding hydrogens is 338 g/mol. The highest BCUT2D eigenvalue weighted by Gasteiger charge is 2.22. The number of amides is 1. The molecule has 1 heterocycles. The van der Waals surface area contributed by atoms with E-state index < -0.39 is 10.0 Å². The van der Waals surface area contributed by atoms with Crippen molar-refractivity contribution < 1.29 is 13.2 Å². The van der Waals surface area contributed by atoms with Gasteiger partial charge >= 0.3 is 0 Å². The quantitative estimate of drug-likeness (QED) is 0.659. The SMILES string of the molecule is CCCS(=O)(=O)Nc1ccc(NC(=O)CC(C)C2CCCNC2)cc1. The van der Waals surface area contributed by atoms with Crippen molar-refractivity contribution >= 4 is 27.3 Å². The standard InChI is InChI=1S/C18H29N3O3S/c1-3-11-25(23,24)21-17-8-6-16(7-9-17)20-18(22)12-14(2)15-5-4-10-19-13-15/h6-9,14-15,19,21H,3-5,10-13H2,1-2H3,(H,20,22). The van der Waals surface area contributed by atoms with Crippen LogP contribution in [0.3, 0.4) is 0 Å². The molecule has 7 heteroatoms. The Morgan fingerprint density at radius 1 is 1.28 bits per heavy atom. The van der Waals surface area contributed by atoms with Gasteiger partial charge in [-0.1, -0.05) is 13.8 Å². The summed E-state index contributed by atoms with van der Waals surface area (Å²) >= 11 is 0. The van der Waals surface area contributed by atoms with E-state index in [-0.39, 0.29) is 11.7 Å². The van der Waals surface area contributed by atoms with Crippen molar-refractivity contribution in [2.24, 2.45) is 11.8 Å². The molecule has 1 fully saturated rings. The number of hydrogen-bond acceptors (Lipinski definition) is 4. The van der Waals surface area contributed by atoms with Crippen LogP contribution >= 0.6 is 0 Å². The number of carbonyl (C=O) groups is 1. The fourth-order valence-electron chi connectivity index (χ4n) is 3.16. The van der Waals surface area contributed by atoms with Crippen LogP contribution < -0.4 is 15.4 Å². The van der Waals surface area contributed by atoms with Gasteiger partial charge < -0.3 is 10.6 Å². The predicted octanol–water partition coefficient (Wildman–Crippen LogP) is 2.80. The predicted molar refractivity (Wildman–Crippen MR) is 102 cm³/mol. The number of piperidine rings is 1. The average Bonchev–Trinajstić information content (AvgIpc) is 2.57. The van der Waals surface area contributed by atoms with Crippen LogP contribution in [0.15, 0.2) is 24.3 Å². The van der Waals surface area contributed by atoms with Crippen LogP contribution in [0.2, 0.25) is 0 Å². The zero-order valence-electron chi connectivity index (χ0n) is 15.0. The molecule has 1 amide bonds. The van der Waals surface area contributed by atoms with Crippen molar-refractivity contribution in [2.45, 2.75) is 39.5 Å². The van der Waals surface area contributed by atoms with Gasteiger partial charge in [-0.25, -0.2) is 8.42 Å². The van der Waals surface area contributed by atoms with Crippen molar-refractivity contribution in [3.63, 3.8) is 0 Å². The minimum atomic E-state index is -3.29. The molecule has 6 nitrogen and oxygen atoms in total. The summed E-state index contributed by atoms with van der Waals surface area (Å²) in [5.74, 6) is 0.986. The topological polar surface area (TPSA) is 87.3 Å². The molecule has 2 rings (SSSR count). The van der Waals surface area contributed by atoms with E-state index in [1.165, 1.54) is 12.8 Å². The number of hydrogen-bond donors (Lipinski definition) is 3. The molecule has 1 aliphatic rings. The summed E-state index contributed by atoms with van der Waals surface area (Å²) in [5.41, 5.74) is 1.19. The van der Waals surface area contributed by atoms with Crippen molar-refractivity contribution in [1.82, 2.24) is 5.32 Å². The highest BCUT2D eigenvalue weighted by molar-refractivity contribution is 7.92. The largest absolute Gasteiger partial charge is 0.326 e. The lowest BCUT2D eigenvalue weighted by Crippen LogP contribution is -2.34. The van der Waals surface area contributed by atoms with Crippen LogP contribution in [0.25, 0.3) is 0 Å². The smallest absolute Gasteiger partial charge is 0.232 e. The third-order valence-corrected chi connectivity index (χ3v) is 6.05. The lowest BCUT2D eigenvalue weighted by Gasteiger charge is -2.28. The molecule has 3 N–H and O–H groups in total. The molecule has 0 radical (unpaired) electrons. The lowest BCUT2D eigenvalue weighted by atomic mass is 9.85. The average molecular weight is 368 g/mol. The second kappa shape index (κ2) is 9.20. The van der Waals surface area contributed by atoms with Gasteiger partial charge in [-0.05, 0) is 68.5 Å². The molecule has 2 atom stereocenters. The van der Waals surface area contributed by atoms with Crippen LogP contribution in [-0.2, 0) is 14.8 Å². The van der Waals surface area contributed by atoms with Crippen LogP contribution in [0, 0.1) is 11.8 Å². The number of carbonyl (C=O) groups excluding carboxylic acids is 1. The Morgan fingerprint density at radius 2 is 1.96 bits per heavy atom. The Labute approximate surface area is 150 Å². The Morgan fingerprint density at radius 3 is 2.56 bits per heavy atom. The first kappa shape index (κ1) is 19.7. The molecule has 2 unspecified atom stereocenters. The molecule has 0 aromatic heterocycles. The van der Waals surface area contributed by atoms with Crippen molar-refractivity contribution in [2.75, 3.05) is 28.9 Å². The van der Waals surface area contributed by atoms with Gasteiger partial charge in [-0.15, -0.1) is 0 Å². The fourth-order valence-corrected chi connectivity index (χ4v) is 4.29. The summed E-state index contributed by atoms with van der Waals surface area (Å²) < 4.78 is 26.0. The zero-order valence-corrected chi connectivity index (χ0v) is 15.9. The summed E-state index contributed by atoms with van der Waals surface area (Å²) in [6.45, 7) is 6.01. The first-order valence-corrected chi connectivity index (χ1v) is 10.7. The molecule has 0 bridgehead atoms. The first-order valence-electron chi connectivity index (χ1n) is 9.00. The van der Waals surface area contributed by atoms with E-state index in [1.54, 1.807) is 24.3 Å². The molecule has 1 aromatic carbocycles. The summed E-state index contributed by atoms with van der Waals surface area (Å²) in [4.78, 5) is 12.2. The minimum Gasteiger partial charge on any atom is -0.326 e. The molecule has 0 saturated carbocycles. The molecule has 0 spiro atoms. The van der Waals surface area contributed by atoms with Crippen molar-refractivity contribution in [3.05, 3.63) is 24.3 Å². The summed E-state index contributed by atoms with van der Waals surface area (Å²) in [7, 11) is -3.29. The molecule has 25 heavy (non-hydrogen) atoms. The van der Waals surface area contributed by atoms with E-state index in [4.69, 9.17) is 0 Å². The van der Waals surface area contributed by atoms with Crippen molar-refractivity contribution in [3.8, 4) is 0 Å². The molecule has 1 saturated heterocycles. The summed E-state index contributed by atoms with van der Waals surface area (Å²) in [6, 6.07) is 6.76. The van der Waals surface area contributed by atoms with Crippen LogP contribution in [0.1, 0.15) is 39.5 Å². The molecule has 1 aliphatic heterocycles. The maximum absolute atomic E-state index is 12.2. The fraction of sp³-hybridized carbons (Fsp3) is 0.611. The molecule has 0 aliphatic carbocycles. The maximum Gasteiger partial charge on any atom is 0.232 e. The lowest BCUT2D eigenvalue weighted by molar-refractivity contribution is -0.117. The van der Waals surface area contributed by atoms with Crippen LogP contribution in [-0.4, -0.2) is 33.2 Å². The van der Waals surface area contributed by atoms with Gasteiger partial charge in [0, 0.05) is 17.8 Å². The van der Waals surface area contributed by atoms with E-state index in [2.05, 4.69) is 22.3 Å². The van der Waals surface area contributed by atoms with Gasteiger partial charge in [-0.3, -0.25) is 9.52 Å². The number of benzene rings is 1. The Bertz CT molecular complexity index is 653. The number of nitrogens with one attached hydrogen (secondary N) is 3. The van der Waals surface area contributed by atoms with Crippen molar-refractivity contribution in [1.29, 1.82) is 0 Å². The molecule has 140 valence electrons. The van der Waals surface area contributed by atoms with Gasteiger partial charge in [0.15, 0.2) is 0 Å². The minimum absolute atomic E-state index is 0.00242. The number of sulfonamides is 1. The Balaban J connectivity index is 1.84. The van der Waals surface area contributed by atoms with Crippen LogP contribution in [0.4, 0.5) is 11.4 Å². The number of anilines is 2. The highest BCUT2D eigenvalue weighted by Crippen LogP contribution is 2.23. The van der Waals surface area contributed by atoms with E-state index in [0.717, 1.165) is 13.1 Å². The Kier molecular flexibility index (Phi) is 7.25. The first-order chi connectivity index (χ1) is 11.9. The van der Waals surface area contributed by atoms with Crippen LogP contribution in [0.5, 0.6) is 0 Å². The highest BCUT2D eigenvalue weighted by atomic mass is 32.2. The maximum atomic E-state index is 12.2.